The third-order valence-electron chi connectivity index (χ3n) is 4.60. The Morgan fingerprint density at radius 2 is 1.67 bits per heavy atom. The van der Waals surface area contributed by atoms with Crippen molar-refractivity contribution < 1.29 is 18.7 Å². The Balaban J connectivity index is 1.72. The van der Waals surface area contributed by atoms with E-state index in [1.165, 1.54) is 6.39 Å². The highest BCUT2D eigenvalue weighted by molar-refractivity contribution is 6.02. The smallest absolute Gasteiger partial charge is 0.338 e. The van der Waals surface area contributed by atoms with Crippen molar-refractivity contribution in [3.63, 3.8) is 0 Å². The number of aryl methyl sites for hydroxylation is 3. The summed E-state index contributed by atoms with van der Waals surface area (Å²) in [6, 6.07) is 10.6. The van der Waals surface area contributed by atoms with Gasteiger partial charge in [0.2, 0.25) is 5.78 Å². The van der Waals surface area contributed by atoms with Gasteiger partial charge in [0, 0.05) is 11.1 Å². The number of rotatable bonds is 5. The van der Waals surface area contributed by atoms with Crippen molar-refractivity contribution in [2.45, 2.75) is 33.8 Å². The van der Waals surface area contributed by atoms with Gasteiger partial charge >= 0.3 is 5.97 Å². The Labute approximate surface area is 158 Å². The van der Waals surface area contributed by atoms with Crippen molar-refractivity contribution in [2.24, 2.45) is 0 Å². The Hall–Kier alpha value is -3.21. The van der Waals surface area contributed by atoms with Crippen LogP contribution in [0.2, 0.25) is 0 Å². The molecule has 5 nitrogen and oxygen atoms in total. The van der Waals surface area contributed by atoms with Crippen molar-refractivity contribution in [3.8, 4) is 11.3 Å². The van der Waals surface area contributed by atoms with Crippen LogP contribution in [0.25, 0.3) is 11.3 Å². The molecule has 0 saturated carbocycles. The average Bonchev–Trinajstić information content (AvgIpc) is 3.19. The number of hydrogen-bond acceptors (Lipinski definition) is 5. The van der Waals surface area contributed by atoms with Crippen LogP contribution < -0.4 is 0 Å². The van der Waals surface area contributed by atoms with Gasteiger partial charge in [-0.2, -0.15) is 0 Å². The number of carbonyl (C=O) groups excluding carboxylic acids is 2. The summed E-state index contributed by atoms with van der Waals surface area (Å²) in [5.41, 5.74) is 4.79. The lowest BCUT2D eigenvalue weighted by Gasteiger charge is -2.15. The predicted octanol–water partition coefficient (Wildman–Crippen LogP) is 4.70. The Morgan fingerprint density at radius 1 is 1.00 bits per heavy atom. The molecule has 2 aromatic carbocycles. The minimum absolute atomic E-state index is 0.206. The summed E-state index contributed by atoms with van der Waals surface area (Å²) in [5.74, 6) is -0.132. The molecular weight excluding hydrogens is 342 g/mol. The van der Waals surface area contributed by atoms with Gasteiger partial charge in [0.25, 0.3) is 0 Å². The monoisotopic (exact) mass is 363 g/mol. The molecule has 3 aromatic rings. The maximum absolute atomic E-state index is 12.7. The number of ether oxygens (including phenoxy) is 1. The number of esters is 1. The predicted molar refractivity (Wildman–Crippen MR) is 102 cm³/mol. The van der Waals surface area contributed by atoms with Gasteiger partial charge in [-0.25, -0.2) is 9.78 Å². The van der Waals surface area contributed by atoms with Gasteiger partial charge < -0.3 is 9.15 Å². The zero-order chi connectivity index (χ0) is 19.6. The van der Waals surface area contributed by atoms with Crippen LogP contribution >= 0.6 is 0 Å². The second-order valence-corrected chi connectivity index (χ2v) is 6.61. The number of benzene rings is 2. The molecule has 0 aliphatic heterocycles. The highest BCUT2D eigenvalue weighted by Crippen LogP contribution is 2.21. The molecule has 138 valence electrons. The van der Waals surface area contributed by atoms with Crippen molar-refractivity contribution in [2.75, 3.05) is 0 Å². The molecule has 1 atom stereocenters. The molecule has 5 heteroatoms. The van der Waals surface area contributed by atoms with E-state index in [0.717, 1.165) is 22.3 Å². The third-order valence-corrected chi connectivity index (χ3v) is 4.60. The fraction of sp³-hybridized carbons (Fsp3) is 0.227. The van der Waals surface area contributed by atoms with Crippen LogP contribution in [0.5, 0.6) is 0 Å². The molecule has 3 rings (SSSR count). The standard InChI is InChI=1S/C22H21NO4/c1-13-9-15(3)19(10-14(13)2)21(24)16(4)27-22(25)18-7-5-17(6-8-18)20-11-23-12-26-20/h5-12,16H,1-4H3. The lowest BCUT2D eigenvalue weighted by Crippen LogP contribution is -2.25. The number of hydrogen-bond donors (Lipinski definition) is 0. The van der Waals surface area contributed by atoms with Crippen molar-refractivity contribution >= 4 is 11.8 Å². The molecule has 0 amide bonds. The van der Waals surface area contributed by atoms with E-state index in [4.69, 9.17) is 9.15 Å². The van der Waals surface area contributed by atoms with Crippen LogP contribution in [0, 0.1) is 20.8 Å². The molecule has 0 aliphatic carbocycles. The van der Waals surface area contributed by atoms with Crippen LogP contribution in [0.3, 0.4) is 0 Å². The van der Waals surface area contributed by atoms with Crippen molar-refractivity contribution in [1.82, 2.24) is 4.98 Å². The molecule has 0 spiro atoms. The number of aromatic nitrogens is 1. The summed E-state index contributed by atoms with van der Waals surface area (Å²) >= 11 is 0. The molecule has 0 bridgehead atoms. The van der Waals surface area contributed by atoms with E-state index in [9.17, 15) is 9.59 Å². The minimum Gasteiger partial charge on any atom is -0.451 e. The van der Waals surface area contributed by atoms with E-state index in [-0.39, 0.29) is 5.78 Å². The van der Waals surface area contributed by atoms with Gasteiger partial charge in [0.05, 0.1) is 11.8 Å². The molecule has 0 N–H and O–H groups in total. The van der Waals surface area contributed by atoms with E-state index < -0.39 is 12.1 Å². The third kappa shape index (κ3) is 3.97. The summed E-state index contributed by atoms with van der Waals surface area (Å²) in [4.78, 5) is 29.0. The normalized spacial score (nSPS) is 11.9. The van der Waals surface area contributed by atoms with Crippen LogP contribution in [-0.4, -0.2) is 22.8 Å². The molecule has 0 fully saturated rings. The number of carbonyl (C=O) groups is 2. The topological polar surface area (TPSA) is 69.4 Å². The van der Waals surface area contributed by atoms with Gasteiger partial charge in [-0.05, 0) is 62.6 Å². The zero-order valence-electron chi connectivity index (χ0n) is 15.8. The number of Topliss-reactive ketones (excluding diaryl/α,β-unsaturated/α-hetero) is 1. The highest BCUT2D eigenvalue weighted by atomic mass is 16.5. The first-order chi connectivity index (χ1) is 12.9. The Bertz CT molecular complexity index is 972. The first kappa shape index (κ1) is 18.6. The van der Waals surface area contributed by atoms with Gasteiger partial charge in [-0.1, -0.05) is 18.2 Å². The number of ketones is 1. The number of oxazole rings is 1. The lowest BCUT2D eigenvalue weighted by atomic mass is 9.96. The minimum atomic E-state index is -0.868. The van der Waals surface area contributed by atoms with Gasteiger partial charge in [-0.15, -0.1) is 0 Å². The summed E-state index contributed by atoms with van der Waals surface area (Å²) in [7, 11) is 0. The van der Waals surface area contributed by atoms with Gasteiger partial charge in [0.15, 0.2) is 18.3 Å². The molecule has 0 aliphatic rings. The molecular formula is C22H21NO4. The summed E-state index contributed by atoms with van der Waals surface area (Å²) < 4.78 is 10.6. The average molecular weight is 363 g/mol. The van der Waals surface area contributed by atoms with Crippen molar-refractivity contribution in [3.05, 3.63) is 76.8 Å². The summed E-state index contributed by atoms with van der Waals surface area (Å²) in [5, 5.41) is 0. The Kier molecular flexibility index (Phi) is 5.21. The first-order valence-corrected chi connectivity index (χ1v) is 8.69. The molecule has 1 aromatic heterocycles. The molecule has 0 saturated heterocycles. The molecule has 27 heavy (non-hydrogen) atoms. The quantitative estimate of drug-likeness (QED) is 0.486. The molecule has 0 radical (unpaired) electrons. The van der Waals surface area contributed by atoms with Crippen LogP contribution in [0.4, 0.5) is 0 Å². The molecule has 1 heterocycles. The maximum Gasteiger partial charge on any atom is 0.338 e. The zero-order valence-corrected chi connectivity index (χ0v) is 15.8. The van der Waals surface area contributed by atoms with Crippen LogP contribution in [0.1, 0.15) is 44.3 Å². The largest absolute Gasteiger partial charge is 0.451 e. The summed E-state index contributed by atoms with van der Waals surface area (Å²) in [6.45, 7) is 7.44. The van der Waals surface area contributed by atoms with E-state index in [1.807, 2.05) is 32.9 Å². The van der Waals surface area contributed by atoms with E-state index in [0.29, 0.717) is 16.9 Å². The highest BCUT2D eigenvalue weighted by Gasteiger charge is 2.22. The number of nitrogens with zero attached hydrogens (tertiary/aromatic N) is 1. The van der Waals surface area contributed by atoms with Crippen LogP contribution in [-0.2, 0) is 4.74 Å². The summed E-state index contributed by atoms with van der Waals surface area (Å²) in [6.07, 6.45) is 2.08. The molecule has 1 unspecified atom stereocenters. The SMILES string of the molecule is Cc1cc(C)c(C(=O)C(C)OC(=O)c2ccc(-c3cnco3)cc2)cc1C. The maximum atomic E-state index is 12.7. The van der Waals surface area contributed by atoms with E-state index >= 15 is 0 Å². The lowest BCUT2D eigenvalue weighted by molar-refractivity contribution is 0.0318. The van der Waals surface area contributed by atoms with Gasteiger partial charge in [0.1, 0.15) is 0 Å². The van der Waals surface area contributed by atoms with E-state index in [1.54, 1.807) is 37.4 Å². The fourth-order valence-corrected chi connectivity index (χ4v) is 2.86. The van der Waals surface area contributed by atoms with E-state index in [2.05, 4.69) is 4.98 Å². The Morgan fingerprint density at radius 3 is 2.30 bits per heavy atom. The van der Waals surface area contributed by atoms with Gasteiger partial charge in [-0.3, -0.25) is 4.79 Å². The fourth-order valence-electron chi connectivity index (χ4n) is 2.86. The first-order valence-electron chi connectivity index (χ1n) is 8.69. The second kappa shape index (κ2) is 7.58. The van der Waals surface area contributed by atoms with Crippen LogP contribution in [0.15, 0.2) is 53.4 Å². The van der Waals surface area contributed by atoms with Crippen molar-refractivity contribution in [1.29, 1.82) is 0 Å². The second-order valence-electron chi connectivity index (χ2n) is 6.61.